The summed E-state index contributed by atoms with van der Waals surface area (Å²) in [5, 5.41) is 0. The van der Waals surface area contributed by atoms with E-state index in [-0.39, 0.29) is 30.0 Å². The summed E-state index contributed by atoms with van der Waals surface area (Å²) in [6.45, 7) is 10.7. The number of carbonyl (C=O) groups excluding carboxylic acids is 2. The van der Waals surface area contributed by atoms with E-state index in [1.807, 2.05) is 39.5 Å². The topological polar surface area (TPSA) is 49.9 Å². The first kappa shape index (κ1) is 15.1. The molecule has 1 saturated heterocycles. The summed E-state index contributed by atoms with van der Waals surface area (Å²) in [5.41, 5.74) is -0.485. The lowest BCUT2D eigenvalue weighted by Gasteiger charge is -2.44. The lowest BCUT2D eigenvalue weighted by atomic mass is 10.1. The molecule has 114 valence electrons. The third-order valence-electron chi connectivity index (χ3n) is 3.82. The maximum absolute atomic E-state index is 12.2. The molecular formula is C15H26N2O3. The van der Waals surface area contributed by atoms with Crippen molar-refractivity contribution in [3.05, 3.63) is 0 Å². The van der Waals surface area contributed by atoms with Crippen LogP contribution in [0.25, 0.3) is 0 Å². The fraction of sp³-hybridized carbons (Fsp3) is 0.867. The molecule has 2 atom stereocenters. The second-order valence-corrected chi connectivity index (χ2v) is 7.10. The van der Waals surface area contributed by atoms with Crippen LogP contribution in [0.4, 0.5) is 4.79 Å². The number of hydrogen-bond donors (Lipinski definition) is 0. The molecule has 1 aliphatic heterocycles. The standard InChI is InChI=1S/C15H26N2O3/c1-10-9-17(14(19)20-15(3,4)5)11(2)8-16(10)13(18)12-6-7-12/h10-12H,6-9H2,1-5H3/t10-,11+/m1/s1. The Bertz CT molecular complexity index is 398. The van der Waals surface area contributed by atoms with Gasteiger partial charge in [-0.1, -0.05) is 0 Å². The van der Waals surface area contributed by atoms with E-state index in [4.69, 9.17) is 4.74 Å². The van der Waals surface area contributed by atoms with Crippen molar-refractivity contribution < 1.29 is 14.3 Å². The third-order valence-corrected chi connectivity index (χ3v) is 3.82. The van der Waals surface area contributed by atoms with Crippen LogP contribution in [-0.4, -0.2) is 52.6 Å². The highest BCUT2D eigenvalue weighted by Gasteiger charge is 2.41. The first-order chi connectivity index (χ1) is 9.19. The van der Waals surface area contributed by atoms with E-state index in [0.717, 1.165) is 12.8 Å². The maximum Gasteiger partial charge on any atom is 0.410 e. The second kappa shape index (κ2) is 5.26. The summed E-state index contributed by atoms with van der Waals surface area (Å²) in [6, 6.07) is 0.0653. The quantitative estimate of drug-likeness (QED) is 0.741. The monoisotopic (exact) mass is 282 g/mol. The Balaban J connectivity index is 1.98. The van der Waals surface area contributed by atoms with Crippen molar-refractivity contribution in [2.24, 2.45) is 5.92 Å². The van der Waals surface area contributed by atoms with E-state index in [0.29, 0.717) is 13.1 Å². The highest BCUT2D eigenvalue weighted by Crippen LogP contribution is 2.33. The number of piperazine rings is 1. The Morgan fingerprint density at radius 2 is 1.50 bits per heavy atom. The number of rotatable bonds is 1. The SMILES string of the molecule is C[C@@H]1CN(C(=O)OC(C)(C)C)[C@@H](C)CN1C(=O)C1CC1. The molecule has 0 aromatic heterocycles. The minimum absolute atomic E-state index is 0.00347. The van der Waals surface area contributed by atoms with E-state index in [1.54, 1.807) is 4.90 Å². The molecule has 0 aromatic rings. The highest BCUT2D eigenvalue weighted by molar-refractivity contribution is 5.81. The minimum atomic E-state index is -0.485. The van der Waals surface area contributed by atoms with Crippen LogP contribution >= 0.6 is 0 Å². The normalized spacial score (nSPS) is 27.4. The summed E-state index contributed by atoms with van der Waals surface area (Å²) in [6.07, 6.45) is 1.76. The van der Waals surface area contributed by atoms with Crippen molar-refractivity contribution in [1.29, 1.82) is 0 Å². The zero-order valence-electron chi connectivity index (χ0n) is 13.2. The van der Waals surface area contributed by atoms with E-state index in [2.05, 4.69) is 0 Å². The maximum atomic E-state index is 12.2. The van der Waals surface area contributed by atoms with E-state index < -0.39 is 5.60 Å². The fourth-order valence-electron chi connectivity index (χ4n) is 2.57. The van der Waals surface area contributed by atoms with Gasteiger partial charge in [-0.25, -0.2) is 4.79 Å². The second-order valence-electron chi connectivity index (χ2n) is 7.10. The van der Waals surface area contributed by atoms with E-state index >= 15 is 0 Å². The molecule has 2 amide bonds. The average Bonchev–Trinajstić information content (AvgIpc) is 3.12. The van der Waals surface area contributed by atoms with Gasteiger partial charge in [0.05, 0.1) is 0 Å². The molecule has 1 saturated carbocycles. The Labute approximate surface area is 121 Å². The van der Waals surface area contributed by atoms with Crippen molar-refractivity contribution >= 4 is 12.0 Å². The molecule has 20 heavy (non-hydrogen) atoms. The van der Waals surface area contributed by atoms with Crippen molar-refractivity contribution in [3.8, 4) is 0 Å². The summed E-state index contributed by atoms with van der Waals surface area (Å²) >= 11 is 0. The van der Waals surface area contributed by atoms with Gasteiger partial charge < -0.3 is 14.5 Å². The molecule has 0 N–H and O–H groups in total. The minimum Gasteiger partial charge on any atom is -0.444 e. The predicted octanol–water partition coefficient (Wildman–Crippen LogP) is 2.25. The zero-order chi connectivity index (χ0) is 15.1. The number of hydrogen-bond acceptors (Lipinski definition) is 3. The van der Waals surface area contributed by atoms with Gasteiger partial charge in [-0.3, -0.25) is 4.79 Å². The van der Waals surface area contributed by atoms with E-state index in [1.165, 1.54) is 0 Å². The van der Waals surface area contributed by atoms with Crippen LogP contribution in [0.15, 0.2) is 0 Å². The number of carbonyl (C=O) groups is 2. The number of nitrogens with zero attached hydrogens (tertiary/aromatic N) is 2. The molecule has 0 bridgehead atoms. The number of ether oxygens (including phenoxy) is 1. The summed E-state index contributed by atoms with van der Waals surface area (Å²) in [5.74, 6) is 0.492. The Kier molecular flexibility index (Phi) is 3.98. The van der Waals surface area contributed by atoms with Gasteiger partial charge in [0.25, 0.3) is 0 Å². The first-order valence-electron chi connectivity index (χ1n) is 7.49. The lowest BCUT2D eigenvalue weighted by Crippen LogP contribution is -2.60. The van der Waals surface area contributed by atoms with Crippen LogP contribution in [0, 0.1) is 5.92 Å². The molecular weight excluding hydrogens is 256 g/mol. The molecule has 0 spiro atoms. The molecule has 5 heteroatoms. The predicted molar refractivity (Wildman–Crippen MR) is 76.3 cm³/mol. The summed E-state index contributed by atoms with van der Waals surface area (Å²) in [7, 11) is 0. The van der Waals surface area contributed by atoms with Gasteiger partial charge in [-0.15, -0.1) is 0 Å². The molecule has 0 unspecified atom stereocenters. The largest absolute Gasteiger partial charge is 0.444 e. The number of amides is 2. The first-order valence-corrected chi connectivity index (χ1v) is 7.49. The van der Waals surface area contributed by atoms with Gasteiger partial charge in [-0.05, 0) is 47.5 Å². The van der Waals surface area contributed by atoms with Gasteiger partial charge in [0.1, 0.15) is 5.60 Å². The molecule has 1 heterocycles. The Morgan fingerprint density at radius 1 is 1.00 bits per heavy atom. The average molecular weight is 282 g/mol. The lowest BCUT2D eigenvalue weighted by molar-refractivity contribution is -0.138. The third kappa shape index (κ3) is 3.44. The van der Waals surface area contributed by atoms with Crippen LogP contribution in [0.3, 0.4) is 0 Å². The van der Waals surface area contributed by atoms with Gasteiger partial charge in [0.15, 0.2) is 0 Å². The summed E-state index contributed by atoms with van der Waals surface area (Å²) < 4.78 is 5.43. The van der Waals surface area contributed by atoms with Gasteiger partial charge >= 0.3 is 6.09 Å². The Morgan fingerprint density at radius 3 is 2.00 bits per heavy atom. The molecule has 2 rings (SSSR count). The summed E-state index contributed by atoms with van der Waals surface area (Å²) in [4.78, 5) is 28.1. The molecule has 5 nitrogen and oxygen atoms in total. The highest BCUT2D eigenvalue weighted by atomic mass is 16.6. The molecule has 1 aliphatic carbocycles. The van der Waals surface area contributed by atoms with Crippen molar-refractivity contribution in [2.75, 3.05) is 13.1 Å². The smallest absolute Gasteiger partial charge is 0.410 e. The van der Waals surface area contributed by atoms with Crippen molar-refractivity contribution in [1.82, 2.24) is 9.80 Å². The van der Waals surface area contributed by atoms with Crippen molar-refractivity contribution in [2.45, 2.75) is 65.1 Å². The molecule has 2 aliphatic rings. The van der Waals surface area contributed by atoms with Gasteiger partial charge in [0.2, 0.25) is 5.91 Å². The molecule has 2 fully saturated rings. The fourth-order valence-corrected chi connectivity index (χ4v) is 2.57. The van der Waals surface area contributed by atoms with Crippen LogP contribution in [0.5, 0.6) is 0 Å². The van der Waals surface area contributed by atoms with Crippen LogP contribution in [0.1, 0.15) is 47.5 Å². The van der Waals surface area contributed by atoms with Crippen LogP contribution in [-0.2, 0) is 9.53 Å². The zero-order valence-corrected chi connectivity index (χ0v) is 13.2. The molecule has 0 aromatic carbocycles. The van der Waals surface area contributed by atoms with E-state index in [9.17, 15) is 9.59 Å². The van der Waals surface area contributed by atoms with Gasteiger partial charge in [-0.2, -0.15) is 0 Å². The van der Waals surface area contributed by atoms with Crippen molar-refractivity contribution in [3.63, 3.8) is 0 Å². The van der Waals surface area contributed by atoms with Crippen LogP contribution in [0.2, 0.25) is 0 Å². The van der Waals surface area contributed by atoms with Gasteiger partial charge in [0, 0.05) is 31.1 Å². The molecule has 0 radical (unpaired) electrons. The van der Waals surface area contributed by atoms with Crippen LogP contribution < -0.4 is 0 Å². The Hall–Kier alpha value is -1.26.